The molecule has 0 bridgehead atoms. The standard InChI is InChI=1S/C9H17NO8/c10-6(3(12)1-4(13)9(17)18)8(16)7(15)5(14)2-11/h3,5-8,11-12,14-16H,1-2,10H2,(H,17,18)/t3-,5+,6+,7+,8+/m0/s1. The third kappa shape index (κ3) is 4.64. The highest BCUT2D eigenvalue weighted by Crippen LogP contribution is 2.09. The minimum atomic E-state index is -1.83. The third-order valence-corrected chi connectivity index (χ3v) is 2.40. The molecule has 0 amide bonds. The quantitative estimate of drug-likeness (QED) is 0.214. The molecule has 0 saturated heterocycles. The van der Waals surface area contributed by atoms with Crippen molar-refractivity contribution in [3.8, 4) is 0 Å². The summed E-state index contributed by atoms with van der Waals surface area (Å²) in [5.74, 6) is -3.06. The molecule has 9 nitrogen and oxygen atoms in total. The smallest absolute Gasteiger partial charge is 0.372 e. The minimum Gasteiger partial charge on any atom is -0.475 e. The van der Waals surface area contributed by atoms with Crippen LogP contribution in [0.25, 0.3) is 0 Å². The first-order valence-corrected chi connectivity index (χ1v) is 5.07. The van der Waals surface area contributed by atoms with E-state index >= 15 is 0 Å². The average Bonchev–Trinajstić information content (AvgIpc) is 2.34. The number of Topliss-reactive ketones (excluding diaryl/α,β-unsaturated/α-hetero) is 1. The summed E-state index contributed by atoms with van der Waals surface area (Å²) in [7, 11) is 0. The maximum atomic E-state index is 10.8. The van der Waals surface area contributed by atoms with Crippen LogP contribution in [-0.2, 0) is 9.59 Å². The molecule has 106 valence electrons. The average molecular weight is 267 g/mol. The monoisotopic (exact) mass is 267 g/mol. The Bertz CT molecular complexity index is 296. The summed E-state index contributed by atoms with van der Waals surface area (Å²) >= 11 is 0. The van der Waals surface area contributed by atoms with Gasteiger partial charge in [0.15, 0.2) is 0 Å². The Morgan fingerprint density at radius 2 is 1.50 bits per heavy atom. The van der Waals surface area contributed by atoms with Crippen molar-refractivity contribution >= 4 is 11.8 Å². The molecule has 18 heavy (non-hydrogen) atoms. The lowest BCUT2D eigenvalue weighted by Crippen LogP contribution is -2.54. The Balaban J connectivity index is 4.49. The van der Waals surface area contributed by atoms with E-state index in [4.69, 9.17) is 21.1 Å². The molecular weight excluding hydrogens is 250 g/mol. The van der Waals surface area contributed by atoms with E-state index in [1.54, 1.807) is 0 Å². The van der Waals surface area contributed by atoms with E-state index in [1.807, 2.05) is 0 Å². The van der Waals surface area contributed by atoms with Crippen LogP contribution in [0, 0.1) is 0 Å². The van der Waals surface area contributed by atoms with E-state index in [2.05, 4.69) is 0 Å². The van der Waals surface area contributed by atoms with Crippen molar-refractivity contribution in [3.05, 3.63) is 0 Å². The maximum absolute atomic E-state index is 10.8. The van der Waals surface area contributed by atoms with Crippen molar-refractivity contribution in [2.75, 3.05) is 6.61 Å². The zero-order valence-electron chi connectivity index (χ0n) is 9.38. The number of carbonyl (C=O) groups excluding carboxylic acids is 1. The molecule has 0 aliphatic rings. The van der Waals surface area contributed by atoms with Gasteiger partial charge >= 0.3 is 5.97 Å². The molecule has 0 aromatic rings. The Labute approximate surface area is 102 Å². The van der Waals surface area contributed by atoms with Crippen LogP contribution in [0.4, 0.5) is 0 Å². The van der Waals surface area contributed by atoms with Crippen LogP contribution in [0.2, 0.25) is 0 Å². The highest BCUT2D eigenvalue weighted by atomic mass is 16.4. The molecule has 0 aliphatic carbocycles. The SMILES string of the molecule is N[C@@H]([C@@H](O)[C@H](O)[C@H](O)CO)[C@@H](O)CC(=O)C(=O)O. The number of carbonyl (C=O) groups is 2. The fourth-order valence-corrected chi connectivity index (χ4v) is 1.20. The van der Waals surface area contributed by atoms with Gasteiger partial charge in [0.25, 0.3) is 0 Å². The number of rotatable bonds is 8. The van der Waals surface area contributed by atoms with Crippen LogP contribution in [-0.4, -0.2) is 79.5 Å². The summed E-state index contributed by atoms with van der Waals surface area (Å²) < 4.78 is 0. The number of aliphatic hydroxyl groups excluding tert-OH is 5. The number of hydrogen-bond acceptors (Lipinski definition) is 8. The summed E-state index contributed by atoms with van der Waals surface area (Å²) in [5.41, 5.74) is 5.30. The number of aliphatic hydroxyl groups is 5. The number of aliphatic carboxylic acids is 1. The van der Waals surface area contributed by atoms with Gasteiger partial charge in [-0.15, -0.1) is 0 Å². The molecule has 0 heterocycles. The Morgan fingerprint density at radius 3 is 1.89 bits per heavy atom. The van der Waals surface area contributed by atoms with E-state index < -0.39 is 55.2 Å². The summed E-state index contributed by atoms with van der Waals surface area (Å²) in [6.45, 7) is -0.838. The number of ketones is 1. The lowest BCUT2D eigenvalue weighted by Gasteiger charge is -2.28. The molecule has 0 spiro atoms. The van der Waals surface area contributed by atoms with Crippen molar-refractivity contribution in [3.63, 3.8) is 0 Å². The molecule has 0 rings (SSSR count). The molecule has 0 unspecified atom stereocenters. The first kappa shape index (κ1) is 16.9. The van der Waals surface area contributed by atoms with Crippen LogP contribution in [0.15, 0.2) is 0 Å². The number of hydrogen-bond donors (Lipinski definition) is 7. The van der Waals surface area contributed by atoms with Gasteiger partial charge in [-0.25, -0.2) is 4.79 Å². The second-order valence-electron chi connectivity index (χ2n) is 3.81. The van der Waals surface area contributed by atoms with Gasteiger partial charge in [0, 0.05) is 6.42 Å². The molecule has 9 heteroatoms. The van der Waals surface area contributed by atoms with Crippen molar-refractivity contribution in [2.24, 2.45) is 5.73 Å². The fraction of sp³-hybridized carbons (Fsp3) is 0.778. The van der Waals surface area contributed by atoms with Gasteiger partial charge in [0.1, 0.15) is 18.3 Å². The van der Waals surface area contributed by atoms with Gasteiger partial charge in [-0.1, -0.05) is 0 Å². The molecule has 0 radical (unpaired) electrons. The first-order valence-electron chi connectivity index (χ1n) is 5.07. The van der Waals surface area contributed by atoms with Crippen molar-refractivity contribution in [1.82, 2.24) is 0 Å². The highest BCUT2D eigenvalue weighted by Gasteiger charge is 2.34. The van der Waals surface area contributed by atoms with Crippen LogP contribution < -0.4 is 5.73 Å². The van der Waals surface area contributed by atoms with Gasteiger partial charge in [-0.05, 0) is 0 Å². The predicted octanol–water partition coefficient (Wildman–Crippen LogP) is -4.21. The Kier molecular flexibility index (Phi) is 6.91. The molecule has 8 N–H and O–H groups in total. The number of nitrogens with two attached hydrogens (primary N) is 1. The van der Waals surface area contributed by atoms with Gasteiger partial charge in [-0.2, -0.15) is 0 Å². The van der Waals surface area contributed by atoms with Crippen molar-refractivity contribution < 1.29 is 40.2 Å². The topological polar surface area (TPSA) is 182 Å². The maximum Gasteiger partial charge on any atom is 0.372 e. The molecular formula is C9H17NO8. The largest absolute Gasteiger partial charge is 0.475 e. The second-order valence-corrected chi connectivity index (χ2v) is 3.81. The highest BCUT2D eigenvalue weighted by molar-refractivity contribution is 6.32. The second kappa shape index (κ2) is 7.36. The number of carboxylic acids is 1. The Hall–Kier alpha value is -1.10. The van der Waals surface area contributed by atoms with E-state index in [1.165, 1.54) is 0 Å². The molecule has 0 aliphatic heterocycles. The normalized spacial score (nSPS) is 19.7. The van der Waals surface area contributed by atoms with Crippen LogP contribution in [0.3, 0.4) is 0 Å². The van der Waals surface area contributed by atoms with Gasteiger partial charge in [0.05, 0.1) is 18.8 Å². The Morgan fingerprint density at radius 1 is 1.00 bits per heavy atom. The van der Waals surface area contributed by atoms with Crippen molar-refractivity contribution in [1.29, 1.82) is 0 Å². The van der Waals surface area contributed by atoms with Crippen LogP contribution in [0.5, 0.6) is 0 Å². The van der Waals surface area contributed by atoms with Gasteiger partial charge in [0.2, 0.25) is 5.78 Å². The van der Waals surface area contributed by atoms with E-state index in [0.717, 1.165) is 0 Å². The zero-order valence-corrected chi connectivity index (χ0v) is 9.38. The third-order valence-electron chi connectivity index (χ3n) is 2.40. The van der Waals surface area contributed by atoms with Gasteiger partial charge < -0.3 is 36.4 Å². The lowest BCUT2D eigenvalue weighted by atomic mass is 9.95. The summed E-state index contributed by atoms with van der Waals surface area (Å²) in [6.07, 6.45) is -7.88. The lowest BCUT2D eigenvalue weighted by molar-refractivity contribution is -0.150. The summed E-state index contributed by atoms with van der Waals surface area (Å²) in [6, 6.07) is -1.55. The van der Waals surface area contributed by atoms with E-state index in [9.17, 15) is 24.9 Å². The zero-order chi connectivity index (χ0) is 14.5. The predicted molar refractivity (Wildman–Crippen MR) is 56.3 cm³/mol. The molecule has 0 fully saturated rings. The molecule has 5 atom stereocenters. The molecule has 0 aromatic heterocycles. The number of carboxylic acid groups (broad SMARTS) is 1. The minimum absolute atomic E-state index is 0.838. The van der Waals surface area contributed by atoms with Crippen LogP contribution in [0.1, 0.15) is 6.42 Å². The van der Waals surface area contributed by atoms with E-state index in [-0.39, 0.29) is 0 Å². The van der Waals surface area contributed by atoms with E-state index in [0.29, 0.717) is 0 Å². The van der Waals surface area contributed by atoms with Gasteiger partial charge in [-0.3, -0.25) is 4.79 Å². The molecule has 0 aromatic carbocycles. The first-order chi connectivity index (χ1) is 8.22. The van der Waals surface area contributed by atoms with Crippen molar-refractivity contribution in [2.45, 2.75) is 36.9 Å². The summed E-state index contributed by atoms with van der Waals surface area (Å²) in [4.78, 5) is 21.0. The van der Waals surface area contributed by atoms with Crippen LogP contribution >= 0.6 is 0 Å². The molecule has 0 saturated carbocycles. The fourth-order valence-electron chi connectivity index (χ4n) is 1.20. The summed E-state index contributed by atoms with van der Waals surface area (Å²) in [5, 5.41) is 54.0.